The van der Waals surface area contributed by atoms with Crippen LogP contribution in [0.2, 0.25) is 0 Å². The summed E-state index contributed by atoms with van der Waals surface area (Å²) < 4.78 is 32.9. The summed E-state index contributed by atoms with van der Waals surface area (Å²) in [5, 5.41) is 40.8. The number of hydrogen-bond acceptors (Lipinski definition) is 10. The summed E-state index contributed by atoms with van der Waals surface area (Å²) in [6.07, 6.45) is 5.55. The van der Waals surface area contributed by atoms with Crippen molar-refractivity contribution in [2.75, 3.05) is 49.1 Å². The molecule has 0 bridgehead atoms. The number of nitrogens with zero attached hydrogens (tertiary/aromatic N) is 5. The maximum atomic E-state index is 13.7. The molecule has 98 heavy (non-hydrogen) atoms. The van der Waals surface area contributed by atoms with Crippen molar-refractivity contribution < 1.29 is 70.2 Å². The number of piperidine rings is 2. The summed E-state index contributed by atoms with van der Waals surface area (Å²) in [6.45, 7) is 33.4. The summed E-state index contributed by atoms with van der Waals surface area (Å²) in [5.74, 6) is -2.55. The van der Waals surface area contributed by atoms with Crippen molar-refractivity contribution in [2.24, 2.45) is 0 Å². The van der Waals surface area contributed by atoms with Gasteiger partial charge in [0.15, 0.2) is 17.3 Å². The number of benzene rings is 6. The third-order valence-corrected chi connectivity index (χ3v) is 20.9. The fraction of sp³-hybridized carbons (Fsp3) is 0.354. The number of halogens is 4. The van der Waals surface area contributed by atoms with E-state index in [0.717, 1.165) is 143 Å². The van der Waals surface area contributed by atoms with Crippen LogP contribution in [0, 0.1) is 51.4 Å². The van der Waals surface area contributed by atoms with Gasteiger partial charge in [0.1, 0.15) is 0 Å². The molecule has 5 aliphatic rings. The first-order valence-electron chi connectivity index (χ1n) is 33.2. The molecule has 2 fully saturated rings. The van der Waals surface area contributed by atoms with Crippen molar-refractivity contribution in [1.82, 2.24) is 20.3 Å². The number of nitriles is 3. The molecule has 5 heterocycles. The Kier molecular flexibility index (Phi) is 22.7. The molecule has 1 radical (unpaired) electrons. The third-order valence-electron chi connectivity index (χ3n) is 19.9. The maximum Gasteiger partial charge on any atom is 0.490 e. The smallest absolute Gasteiger partial charge is 0.475 e. The molecule has 14 rings (SSSR count). The van der Waals surface area contributed by atoms with Crippen LogP contribution in [0.4, 0.5) is 24.5 Å². The molecule has 0 spiro atoms. The van der Waals surface area contributed by atoms with E-state index in [9.17, 15) is 38.1 Å². The predicted octanol–water partition coefficient (Wildman–Crippen LogP) is 16.9. The Labute approximate surface area is 610 Å². The molecule has 5 N–H and O–H groups in total. The number of ketones is 3. The van der Waals surface area contributed by atoms with Crippen LogP contribution in [0.15, 0.2) is 91.0 Å². The monoisotopic (exact) mass is 1510 g/mol. The molecule has 0 unspecified atom stereocenters. The first-order chi connectivity index (χ1) is 46.1. The van der Waals surface area contributed by atoms with Crippen molar-refractivity contribution in [3.8, 4) is 18.2 Å². The molecule has 505 valence electrons. The Hall–Kier alpha value is -7.93. The normalized spacial score (nSPS) is 15.7. The minimum atomic E-state index is -5.08. The van der Waals surface area contributed by atoms with E-state index in [1.165, 1.54) is 72.0 Å². The van der Waals surface area contributed by atoms with Gasteiger partial charge in [-0.2, -0.15) is 29.0 Å². The van der Waals surface area contributed by atoms with Crippen molar-refractivity contribution in [1.29, 1.82) is 15.8 Å². The SMILES string of the molecule is C1CCNCC1.CCc1cc2c(cc1I)C(C)(C)c1[nH]c3cc(C#N)ccc3c1C2=O.CCc1cc2c(cc1N1CCCCC1)C(C)(C)c1[nH]c3cc(C#N)ccc3c1C2=O.O=C(O)C(F)(F)F.[CH2-]CN(C[CH2-])c1cc2c(cc1CC)C(=O)c1c([nH]c3cc(C#N)ccc13)C2(C)C.[Y]. The summed E-state index contributed by atoms with van der Waals surface area (Å²) >= 11 is 2.36. The van der Waals surface area contributed by atoms with E-state index in [0.29, 0.717) is 29.8 Å². The molecule has 6 aromatic carbocycles. The molecular weight excluding hydrogens is 1430 g/mol. The molecule has 3 aromatic heterocycles. The second-order valence-corrected chi connectivity index (χ2v) is 28.0. The number of aryl methyl sites for hydroxylation is 3. The first kappa shape index (κ1) is 74.3. The van der Waals surface area contributed by atoms with Crippen molar-refractivity contribution in [3.63, 3.8) is 0 Å². The Morgan fingerprint density at radius 2 is 0.918 bits per heavy atom. The van der Waals surface area contributed by atoms with E-state index in [2.05, 4.69) is 183 Å². The first-order valence-corrected chi connectivity index (χ1v) is 34.3. The average Bonchev–Trinajstić information content (AvgIpc) is 1.51. The van der Waals surface area contributed by atoms with Crippen molar-refractivity contribution in [2.45, 2.75) is 143 Å². The molecule has 14 nitrogen and oxygen atoms in total. The average molecular weight is 1510 g/mol. The van der Waals surface area contributed by atoms with Gasteiger partial charge >= 0.3 is 12.1 Å². The molecule has 19 heteroatoms. The number of alkyl halides is 3. The molecule has 3 aliphatic carbocycles. The fourth-order valence-electron chi connectivity index (χ4n) is 14.4. The quantitative estimate of drug-likeness (QED) is 0.0745. The van der Waals surface area contributed by atoms with Crippen molar-refractivity contribution >= 4 is 90.0 Å². The van der Waals surface area contributed by atoms with Gasteiger partial charge in [-0.25, -0.2) is 4.79 Å². The molecule has 0 saturated carbocycles. The van der Waals surface area contributed by atoms with Crippen LogP contribution in [0.5, 0.6) is 0 Å². The van der Waals surface area contributed by atoms with Crippen LogP contribution in [0.3, 0.4) is 0 Å². The fourth-order valence-corrected chi connectivity index (χ4v) is 15.3. The summed E-state index contributed by atoms with van der Waals surface area (Å²) in [6, 6.07) is 35.9. The number of aromatic nitrogens is 3. The number of anilines is 2. The van der Waals surface area contributed by atoms with E-state index in [1.807, 2.05) is 36.4 Å². The summed E-state index contributed by atoms with van der Waals surface area (Å²) in [7, 11) is 0. The van der Waals surface area contributed by atoms with E-state index in [-0.39, 0.29) is 66.3 Å². The number of aliphatic carboxylic acids is 1. The Morgan fingerprint density at radius 1 is 0.561 bits per heavy atom. The number of carboxylic acid groups (broad SMARTS) is 1. The standard InChI is InChI=1S/C26H27N3O.C25H25N3O.C21H17IN2O.C5H11N.C2HF3O2.Y/c1-4-17-13-19-20(14-22(17)29-10-6-5-7-11-29)26(2,3)25-23(24(19)30)18-9-8-16(15-27)12-21(18)28-25;1-6-16-12-18-19(13-21(16)28(7-2)8-3)25(4,5)24-22(23(18)29)17-10-9-15(14-26)11-20(17)27-24;1-4-12-8-14-15(9-16(12)22)21(2,3)20-18(19(14)25)13-6-5-11(10-23)7-17(13)24-20;1-2-4-6-5-3-1;3-2(4,5)1(6)7;/h8-9,12-14,28H,4-7,10-11H2,1-3H3;9-13,27H,2-3,6-8H2,1,4-5H3;5-9,24H,4H2,1-3H3;6H,1-5H2;(H,6,7);/q;-2;;;;. The molecule has 9 aromatic rings. The molecule has 2 saturated heterocycles. The van der Waals surface area contributed by atoms with Gasteiger partial charge in [0.05, 0.1) is 51.6 Å². The third kappa shape index (κ3) is 13.9. The number of carbonyl (C=O) groups excluding carboxylic acids is 3. The predicted molar refractivity (Wildman–Crippen MR) is 385 cm³/mol. The van der Waals surface area contributed by atoms with Gasteiger partial charge in [0.25, 0.3) is 0 Å². The zero-order chi connectivity index (χ0) is 70.2. The van der Waals surface area contributed by atoms with Gasteiger partial charge in [0, 0.05) is 143 Å². The van der Waals surface area contributed by atoms with Crippen LogP contribution < -0.4 is 15.1 Å². The molecule has 0 amide bonds. The van der Waals surface area contributed by atoms with E-state index < -0.39 is 12.1 Å². The van der Waals surface area contributed by atoms with Gasteiger partial charge in [-0.1, -0.05) is 86.9 Å². The topological polar surface area (TPSA) is 226 Å². The van der Waals surface area contributed by atoms with E-state index in [1.54, 1.807) is 18.2 Å². The van der Waals surface area contributed by atoms with Crippen LogP contribution in [-0.2, 0) is 73.0 Å². The van der Waals surface area contributed by atoms with Crippen LogP contribution >= 0.6 is 22.6 Å². The minimum absolute atomic E-state index is 0. The van der Waals surface area contributed by atoms with Crippen LogP contribution in [0.25, 0.3) is 32.7 Å². The molecule has 2 aliphatic heterocycles. The van der Waals surface area contributed by atoms with Gasteiger partial charge < -0.3 is 49.0 Å². The Balaban J connectivity index is 0.000000157. The largest absolute Gasteiger partial charge is 0.490 e. The summed E-state index contributed by atoms with van der Waals surface area (Å²) in [4.78, 5) is 64.5. The zero-order valence-corrected chi connectivity index (χ0v) is 62.1. The van der Waals surface area contributed by atoms with Crippen LogP contribution in [-0.4, -0.2) is 88.8 Å². The number of aromatic amines is 3. The van der Waals surface area contributed by atoms with E-state index >= 15 is 0 Å². The number of carbonyl (C=O) groups is 4. The number of fused-ring (bicyclic) bond motifs is 12. The van der Waals surface area contributed by atoms with Crippen molar-refractivity contribution in [3.05, 3.63) is 209 Å². The van der Waals surface area contributed by atoms with Gasteiger partial charge in [-0.15, -0.1) is 13.1 Å². The van der Waals surface area contributed by atoms with E-state index in [4.69, 9.17) is 15.2 Å². The molecule has 0 atom stereocenters. The van der Waals surface area contributed by atoms with Gasteiger partial charge in [0.2, 0.25) is 0 Å². The van der Waals surface area contributed by atoms with Gasteiger partial charge in [-0.3, -0.25) is 14.4 Å². The minimum Gasteiger partial charge on any atom is -0.475 e. The van der Waals surface area contributed by atoms with Crippen LogP contribution in [0.1, 0.15) is 216 Å². The maximum absolute atomic E-state index is 13.7. The number of H-pyrrole nitrogens is 3. The summed E-state index contributed by atoms with van der Waals surface area (Å²) in [5.41, 5.74) is 20.0. The number of hydrogen-bond donors (Lipinski definition) is 5. The second kappa shape index (κ2) is 29.9. The number of rotatable bonds is 7. The Bertz CT molecular complexity index is 4740. The Morgan fingerprint density at radius 3 is 1.26 bits per heavy atom. The van der Waals surface area contributed by atoms with Gasteiger partial charge in [-0.05, 0) is 193 Å². The number of nitrogens with one attached hydrogen (secondary N) is 4. The second-order valence-electron chi connectivity index (χ2n) is 26.9. The number of carboxylic acids is 1. The molecular formula is C79H81F3IN9O5Y-2. The zero-order valence-electron chi connectivity index (χ0n) is 57.1.